The summed E-state index contributed by atoms with van der Waals surface area (Å²) < 4.78 is 2.57. The van der Waals surface area contributed by atoms with E-state index >= 15 is 0 Å². The first kappa shape index (κ1) is 12.7. The largest absolute Gasteiger partial charge is 0.382 e. The number of nitrogens with one attached hydrogen (secondary N) is 1. The van der Waals surface area contributed by atoms with Gasteiger partial charge >= 0.3 is 0 Å². The first-order valence-electron chi connectivity index (χ1n) is 5.32. The Kier molecular flexibility index (Phi) is 3.16. The van der Waals surface area contributed by atoms with E-state index in [1.165, 1.54) is 0 Å². The number of nitrogen functional groups attached to an aromatic ring is 1. The number of aryl methyl sites for hydroxylation is 2. The normalized spacial score (nSPS) is 10.7. The Labute approximate surface area is 113 Å². The molecule has 0 radical (unpaired) electrons. The summed E-state index contributed by atoms with van der Waals surface area (Å²) in [6.07, 6.45) is 0. The van der Waals surface area contributed by atoms with E-state index in [1.807, 2.05) is 20.8 Å². The fraction of sp³-hybridized carbons (Fsp3) is 0.273. The van der Waals surface area contributed by atoms with Crippen LogP contribution < -0.4 is 5.73 Å². The summed E-state index contributed by atoms with van der Waals surface area (Å²) in [6, 6.07) is 1.67. The topological polar surface area (TPSA) is 93.5 Å². The van der Waals surface area contributed by atoms with Gasteiger partial charge in [-0.2, -0.15) is 5.10 Å². The minimum absolute atomic E-state index is 0.0812. The molecule has 3 N–H and O–H groups in total. The maximum Gasteiger partial charge on any atom is 0.251 e. The predicted molar refractivity (Wildman–Crippen MR) is 72.1 cm³/mol. The molecule has 94 valence electrons. The Hall–Kier alpha value is -1.76. The van der Waals surface area contributed by atoms with Crippen LogP contribution in [0.4, 0.5) is 0 Å². The molecule has 0 aliphatic heterocycles. The molecule has 0 atom stereocenters. The standard InChI is InChI=1S/C11H13BrN6/c1-5-4-8(10(13)14)16-11(15-5)18-7(3)9(12)6(2)17-18/h4H,1-3H3,(H3,13,14). The molecule has 0 bridgehead atoms. The zero-order valence-electron chi connectivity index (χ0n) is 10.3. The van der Waals surface area contributed by atoms with E-state index in [0.29, 0.717) is 11.6 Å². The minimum atomic E-state index is -0.0812. The van der Waals surface area contributed by atoms with Crippen LogP contribution in [0.3, 0.4) is 0 Å². The van der Waals surface area contributed by atoms with Gasteiger partial charge in [0, 0.05) is 5.69 Å². The highest BCUT2D eigenvalue weighted by Crippen LogP contribution is 2.21. The van der Waals surface area contributed by atoms with Gasteiger partial charge in [0.15, 0.2) is 0 Å². The Morgan fingerprint density at radius 3 is 2.50 bits per heavy atom. The van der Waals surface area contributed by atoms with Crippen molar-refractivity contribution in [2.75, 3.05) is 0 Å². The van der Waals surface area contributed by atoms with Crippen LogP contribution in [-0.4, -0.2) is 25.6 Å². The van der Waals surface area contributed by atoms with E-state index in [9.17, 15) is 0 Å². The molecular formula is C11H13BrN6. The van der Waals surface area contributed by atoms with Crippen LogP contribution in [0.15, 0.2) is 10.5 Å². The third-order valence-electron chi connectivity index (χ3n) is 2.51. The third-order valence-corrected chi connectivity index (χ3v) is 3.66. The number of nitrogens with zero attached hydrogens (tertiary/aromatic N) is 4. The number of nitrogens with two attached hydrogens (primary N) is 1. The van der Waals surface area contributed by atoms with E-state index < -0.39 is 0 Å². The van der Waals surface area contributed by atoms with Gasteiger partial charge in [-0.25, -0.2) is 14.6 Å². The molecule has 2 heterocycles. The predicted octanol–water partition coefficient (Wildman–Crippen LogP) is 1.63. The van der Waals surface area contributed by atoms with Gasteiger partial charge in [0.2, 0.25) is 0 Å². The van der Waals surface area contributed by atoms with Crippen molar-refractivity contribution in [2.45, 2.75) is 20.8 Å². The smallest absolute Gasteiger partial charge is 0.251 e. The summed E-state index contributed by atoms with van der Waals surface area (Å²) >= 11 is 3.46. The number of aromatic nitrogens is 4. The summed E-state index contributed by atoms with van der Waals surface area (Å²) in [6.45, 7) is 5.65. The molecule has 2 aromatic heterocycles. The molecule has 0 saturated carbocycles. The van der Waals surface area contributed by atoms with Crippen molar-refractivity contribution < 1.29 is 0 Å². The average molecular weight is 309 g/mol. The molecule has 0 aromatic carbocycles. The second-order valence-electron chi connectivity index (χ2n) is 4.00. The van der Waals surface area contributed by atoms with Crippen LogP contribution in [-0.2, 0) is 0 Å². The van der Waals surface area contributed by atoms with Crippen LogP contribution in [0.2, 0.25) is 0 Å². The second-order valence-corrected chi connectivity index (χ2v) is 4.80. The van der Waals surface area contributed by atoms with Crippen molar-refractivity contribution >= 4 is 21.8 Å². The molecule has 0 amide bonds. The highest BCUT2D eigenvalue weighted by atomic mass is 79.9. The molecule has 0 spiro atoms. The van der Waals surface area contributed by atoms with Crippen molar-refractivity contribution in [2.24, 2.45) is 5.73 Å². The molecule has 0 saturated heterocycles. The van der Waals surface area contributed by atoms with Gasteiger partial charge in [-0.1, -0.05) is 0 Å². The molecular weight excluding hydrogens is 296 g/mol. The van der Waals surface area contributed by atoms with E-state index in [1.54, 1.807) is 10.7 Å². The molecule has 0 fully saturated rings. The van der Waals surface area contributed by atoms with Crippen molar-refractivity contribution in [1.82, 2.24) is 19.7 Å². The summed E-state index contributed by atoms with van der Waals surface area (Å²) in [5.41, 5.74) is 8.38. The fourth-order valence-corrected chi connectivity index (χ4v) is 1.85. The Bertz CT molecular complexity index is 631. The van der Waals surface area contributed by atoms with Crippen molar-refractivity contribution in [3.05, 3.63) is 33.3 Å². The van der Waals surface area contributed by atoms with Crippen LogP contribution >= 0.6 is 15.9 Å². The first-order valence-corrected chi connectivity index (χ1v) is 6.11. The number of hydrogen-bond donors (Lipinski definition) is 2. The average Bonchev–Trinajstić information content (AvgIpc) is 2.56. The molecule has 0 aliphatic rings. The van der Waals surface area contributed by atoms with Crippen LogP contribution in [0.25, 0.3) is 5.95 Å². The number of hydrogen-bond acceptors (Lipinski definition) is 4. The number of rotatable bonds is 2. The molecule has 0 aliphatic carbocycles. The highest BCUT2D eigenvalue weighted by Gasteiger charge is 2.14. The van der Waals surface area contributed by atoms with Gasteiger partial charge in [-0.15, -0.1) is 0 Å². The third kappa shape index (κ3) is 2.13. The number of halogens is 1. The van der Waals surface area contributed by atoms with Gasteiger partial charge in [0.1, 0.15) is 11.5 Å². The molecule has 18 heavy (non-hydrogen) atoms. The first-order chi connectivity index (χ1) is 8.40. The summed E-state index contributed by atoms with van der Waals surface area (Å²) in [4.78, 5) is 8.56. The SMILES string of the molecule is Cc1cc(C(=N)N)nc(-n2nc(C)c(Br)c2C)n1. The van der Waals surface area contributed by atoms with E-state index in [2.05, 4.69) is 31.0 Å². The van der Waals surface area contributed by atoms with Crippen LogP contribution in [0.5, 0.6) is 0 Å². The van der Waals surface area contributed by atoms with Gasteiger partial charge in [0.05, 0.1) is 15.9 Å². The molecule has 0 unspecified atom stereocenters. The van der Waals surface area contributed by atoms with Gasteiger partial charge in [0.25, 0.3) is 5.95 Å². The minimum Gasteiger partial charge on any atom is -0.382 e. The Morgan fingerprint density at radius 1 is 1.33 bits per heavy atom. The lowest BCUT2D eigenvalue weighted by molar-refractivity contribution is 0.766. The molecule has 6 nitrogen and oxygen atoms in total. The lowest BCUT2D eigenvalue weighted by Gasteiger charge is -2.06. The lowest BCUT2D eigenvalue weighted by Crippen LogP contribution is -2.16. The second kappa shape index (κ2) is 4.49. The zero-order valence-corrected chi connectivity index (χ0v) is 11.9. The van der Waals surface area contributed by atoms with E-state index in [-0.39, 0.29) is 5.84 Å². The van der Waals surface area contributed by atoms with Crippen molar-refractivity contribution in [1.29, 1.82) is 5.41 Å². The molecule has 2 aromatic rings. The van der Waals surface area contributed by atoms with Crippen LogP contribution in [0.1, 0.15) is 22.8 Å². The maximum atomic E-state index is 7.44. The highest BCUT2D eigenvalue weighted by molar-refractivity contribution is 9.10. The summed E-state index contributed by atoms with van der Waals surface area (Å²) in [5.74, 6) is 0.342. The molecule has 7 heteroatoms. The maximum absolute atomic E-state index is 7.44. The van der Waals surface area contributed by atoms with Crippen molar-refractivity contribution in [3.8, 4) is 5.95 Å². The monoisotopic (exact) mass is 308 g/mol. The quantitative estimate of drug-likeness (QED) is 0.651. The summed E-state index contributed by atoms with van der Waals surface area (Å²) in [7, 11) is 0. The van der Waals surface area contributed by atoms with Gasteiger partial charge in [-0.3, -0.25) is 5.41 Å². The Balaban J connectivity index is 2.63. The van der Waals surface area contributed by atoms with Gasteiger partial charge < -0.3 is 5.73 Å². The zero-order chi connectivity index (χ0) is 13.4. The summed E-state index contributed by atoms with van der Waals surface area (Å²) in [5, 5.41) is 11.8. The molecule has 2 rings (SSSR count). The Morgan fingerprint density at radius 2 is 2.00 bits per heavy atom. The fourth-order valence-electron chi connectivity index (χ4n) is 1.60. The van der Waals surface area contributed by atoms with Crippen molar-refractivity contribution in [3.63, 3.8) is 0 Å². The number of amidine groups is 1. The van der Waals surface area contributed by atoms with E-state index in [0.717, 1.165) is 21.6 Å². The van der Waals surface area contributed by atoms with Gasteiger partial charge in [-0.05, 0) is 42.8 Å². The van der Waals surface area contributed by atoms with E-state index in [4.69, 9.17) is 11.1 Å². The lowest BCUT2D eigenvalue weighted by atomic mass is 10.3. The van der Waals surface area contributed by atoms with Crippen LogP contribution in [0, 0.1) is 26.2 Å².